The Bertz CT molecular complexity index is 651. The van der Waals surface area contributed by atoms with Crippen LogP contribution in [0, 0.1) is 0 Å². The van der Waals surface area contributed by atoms with Crippen LogP contribution < -0.4 is 4.74 Å². The zero-order chi connectivity index (χ0) is 15.4. The normalized spacial score (nSPS) is 11.9. The Balaban J connectivity index is 2.31. The average molecular weight is 288 g/mol. The molecule has 110 valence electrons. The number of carboxylic acid groups (broad SMARTS) is 1. The highest BCUT2D eigenvalue weighted by Gasteiger charge is 2.21. The molecule has 0 saturated heterocycles. The Labute approximate surface area is 122 Å². The molecule has 5 nitrogen and oxygen atoms in total. The number of hydrogen-bond donors (Lipinski definition) is 3. The molecule has 0 aliphatic carbocycles. The van der Waals surface area contributed by atoms with Crippen molar-refractivity contribution in [2.75, 3.05) is 7.11 Å². The highest BCUT2D eigenvalue weighted by Crippen LogP contribution is 2.30. The van der Waals surface area contributed by atoms with Crippen LogP contribution >= 0.6 is 0 Å². The molecule has 21 heavy (non-hydrogen) atoms. The maximum absolute atomic E-state index is 11.5. The Morgan fingerprint density at radius 2 is 1.95 bits per heavy atom. The smallest absolute Gasteiger partial charge is 0.311 e. The van der Waals surface area contributed by atoms with Crippen LogP contribution in [0.1, 0.15) is 17.0 Å². The van der Waals surface area contributed by atoms with Crippen LogP contribution in [0.15, 0.2) is 42.5 Å². The highest BCUT2D eigenvalue weighted by atomic mass is 16.5. The zero-order valence-electron chi connectivity index (χ0n) is 11.5. The quantitative estimate of drug-likeness (QED) is 0.787. The molecule has 0 heterocycles. The second-order valence-corrected chi connectivity index (χ2v) is 4.70. The Kier molecular flexibility index (Phi) is 4.33. The number of rotatable bonds is 5. The summed E-state index contributed by atoms with van der Waals surface area (Å²) in [4.78, 5) is 11.5. The minimum Gasteiger partial charge on any atom is -0.508 e. The Morgan fingerprint density at radius 1 is 1.19 bits per heavy atom. The van der Waals surface area contributed by atoms with Gasteiger partial charge in [-0.2, -0.15) is 0 Å². The van der Waals surface area contributed by atoms with Gasteiger partial charge in [-0.1, -0.05) is 18.2 Å². The first-order valence-corrected chi connectivity index (χ1v) is 6.39. The van der Waals surface area contributed by atoms with E-state index >= 15 is 0 Å². The fourth-order valence-electron chi connectivity index (χ4n) is 2.17. The van der Waals surface area contributed by atoms with E-state index in [1.165, 1.54) is 25.3 Å². The lowest BCUT2D eigenvalue weighted by atomic mass is 9.92. The van der Waals surface area contributed by atoms with Crippen LogP contribution in [0.2, 0.25) is 0 Å². The average Bonchev–Trinajstić information content (AvgIpc) is 2.46. The monoisotopic (exact) mass is 288 g/mol. The number of ether oxygens (including phenoxy) is 1. The van der Waals surface area contributed by atoms with Crippen LogP contribution in [0.4, 0.5) is 0 Å². The lowest BCUT2D eigenvalue weighted by Gasteiger charge is -2.14. The SMILES string of the molecule is COc1cc(CC(C(=O)O)c2cccc(O)c2)ccc1O. The summed E-state index contributed by atoms with van der Waals surface area (Å²) in [7, 11) is 1.43. The lowest BCUT2D eigenvalue weighted by molar-refractivity contribution is -0.138. The molecule has 3 N–H and O–H groups in total. The molecule has 2 aromatic rings. The standard InChI is InChI=1S/C16H16O5/c1-21-15-8-10(5-6-14(15)18)7-13(16(19)20)11-3-2-4-12(17)9-11/h2-6,8-9,13,17-18H,7H2,1H3,(H,19,20). The summed E-state index contributed by atoms with van der Waals surface area (Å²) in [5.74, 6) is -1.43. The van der Waals surface area contributed by atoms with Gasteiger partial charge in [-0.3, -0.25) is 4.79 Å². The number of aliphatic carboxylic acids is 1. The number of carboxylic acids is 1. The first kappa shape index (κ1) is 14.7. The van der Waals surface area contributed by atoms with Crippen LogP contribution in [-0.2, 0) is 11.2 Å². The maximum atomic E-state index is 11.5. The molecule has 2 rings (SSSR count). The van der Waals surface area contributed by atoms with Crippen molar-refractivity contribution in [2.45, 2.75) is 12.3 Å². The molecule has 0 aromatic heterocycles. The summed E-state index contributed by atoms with van der Waals surface area (Å²) in [5.41, 5.74) is 1.25. The van der Waals surface area contributed by atoms with E-state index in [9.17, 15) is 20.1 Å². The summed E-state index contributed by atoms with van der Waals surface area (Å²) in [6, 6.07) is 10.9. The number of aromatic hydroxyl groups is 2. The van der Waals surface area contributed by atoms with Crippen molar-refractivity contribution in [2.24, 2.45) is 0 Å². The van der Waals surface area contributed by atoms with Gasteiger partial charge in [0, 0.05) is 0 Å². The number of carbonyl (C=O) groups is 1. The van der Waals surface area contributed by atoms with Crippen molar-refractivity contribution in [3.8, 4) is 17.2 Å². The van der Waals surface area contributed by atoms with Gasteiger partial charge in [0.2, 0.25) is 0 Å². The van der Waals surface area contributed by atoms with E-state index in [4.69, 9.17) is 4.74 Å². The summed E-state index contributed by atoms with van der Waals surface area (Å²) >= 11 is 0. The number of hydrogen-bond acceptors (Lipinski definition) is 4. The molecule has 0 aliphatic rings. The van der Waals surface area contributed by atoms with E-state index in [2.05, 4.69) is 0 Å². The third-order valence-electron chi connectivity index (χ3n) is 3.25. The van der Waals surface area contributed by atoms with E-state index in [1.807, 2.05) is 0 Å². The van der Waals surface area contributed by atoms with Crippen LogP contribution in [0.25, 0.3) is 0 Å². The maximum Gasteiger partial charge on any atom is 0.311 e. The minimum absolute atomic E-state index is 0.00507. The molecular weight excluding hydrogens is 272 g/mol. The Morgan fingerprint density at radius 3 is 2.57 bits per heavy atom. The Hall–Kier alpha value is -2.69. The molecule has 1 atom stereocenters. The summed E-state index contributed by atoms with van der Waals surface area (Å²) in [6.07, 6.45) is 0.232. The molecule has 5 heteroatoms. The molecule has 0 aliphatic heterocycles. The van der Waals surface area contributed by atoms with E-state index in [0.717, 1.165) is 5.56 Å². The zero-order valence-corrected chi connectivity index (χ0v) is 11.5. The van der Waals surface area contributed by atoms with E-state index in [0.29, 0.717) is 11.3 Å². The molecule has 0 radical (unpaired) electrons. The van der Waals surface area contributed by atoms with E-state index < -0.39 is 11.9 Å². The molecule has 0 spiro atoms. The van der Waals surface area contributed by atoms with Crippen molar-refractivity contribution in [1.29, 1.82) is 0 Å². The predicted octanol–water partition coefficient (Wildman–Crippen LogP) is 2.52. The van der Waals surface area contributed by atoms with Crippen LogP contribution in [0.3, 0.4) is 0 Å². The molecule has 0 bridgehead atoms. The van der Waals surface area contributed by atoms with E-state index in [-0.39, 0.29) is 17.9 Å². The highest BCUT2D eigenvalue weighted by molar-refractivity contribution is 5.76. The van der Waals surface area contributed by atoms with Crippen LogP contribution in [-0.4, -0.2) is 28.4 Å². The fraction of sp³-hybridized carbons (Fsp3) is 0.188. The molecule has 1 unspecified atom stereocenters. The molecule has 0 fully saturated rings. The summed E-state index contributed by atoms with van der Waals surface area (Å²) in [6.45, 7) is 0. The number of benzene rings is 2. The number of phenols is 2. The first-order chi connectivity index (χ1) is 10.0. The van der Waals surface area contributed by atoms with Gasteiger partial charge in [0.25, 0.3) is 0 Å². The van der Waals surface area contributed by atoms with Gasteiger partial charge in [0.05, 0.1) is 13.0 Å². The van der Waals surface area contributed by atoms with Crippen LogP contribution in [0.5, 0.6) is 17.2 Å². The largest absolute Gasteiger partial charge is 0.508 e. The van der Waals surface area contributed by atoms with Crippen molar-refractivity contribution < 1.29 is 24.9 Å². The third kappa shape index (κ3) is 3.45. The number of methoxy groups -OCH3 is 1. The van der Waals surface area contributed by atoms with E-state index in [1.54, 1.807) is 24.3 Å². The van der Waals surface area contributed by atoms with Crippen molar-refractivity contribution in [3.05, 3.63) is 53.6 Å². The lowest BCUT2D eigenvalue weighted by Crippen LogP contribution is -2.14. The second kappa shape index (κ2) is 6.17. The van der Waals surface area contributed by atoms with Gasteiger partial charge in [-0.05, 0) is 41.8 Å². The minimum atomic E-state index is -0.979. The summed E-state index contributed by atoms with van der Waals surface area (Å²) in [5, 5.41) is 28.4. The fourth-order valence-corrected chi connectivity index (χ4v) is 2.17. The van der Waals surface area contributed by atoms with Crippen molar-refractivity contribution >= 4 is 5.97 Å². The van der Waals surface area contributed by atoms with Gasteiger partial charge >= 0.3 is 5.97 Å². The molecule has 2 aromatic carbocycles. The van der Waals surface area contributed by atoms with Crippen molar-refractivity contribution in [1.82, 2.24) is 0 Å². The summed E-state index contributed by atoms with van der Waals surface area (Å²) < 4.78 is 5.02. The first-order valence-electron chi connectivity index (χ1n) is 6.39. The van der Waals surface area contributed by atoms with Gasteiger partial charge in [-0.15, -0.1) is 0 Å². The predicted molar refractivity (Wildman–Crippen MR) is 76.8 cm³/mol. The van der Waals surface area contributed by atoms with Gasteiger partial charge < -0.3 is 20.1 Å². The van der Waals surface area contributed by atoms with Gasteiger partial charge in [0.15, 0.2) is 11.5 Å². The molecule has 0 amide bonds. The van der Waals surface area contributed by atoms with Gasteiger partial charge in [-0.25, -0.2) is 0 Å². The number of phenolic OH excluding ortho intramolecular Hbond substituents is 2. The molecular formula is C16H16O5. The van der Waals surface area contributed by atoms with Gasteiger partial charge in [0.1, 0.15) is 5.75 Å². The third-order valence-corrected chi connectivity index (χ3v) is 3.25. The topological polar surface area (TPSA) is 87.0 Å². The molecule has 0 saturated carbocycles. The van der Waals surface area contributed by atoms with Crippen molar-refractivity contribution in [3.63, 3.8) is 0 Å². The second-order valence-electron chi connectivity index (χ2n) is 4.70.